The van der Waals surface area contributed by atoms with Gasteiger partial charge in [0.25, 0.3) is 0 Å². The van der Waals surface area contributed by atoms with Crippen LogP contribution in [0.15, 0.2) is 155 Å². The summed E-state index contributed by atoms with van der Waals surface area (Å²) >= 11 is 0. The average Bonchev–Trinajstić information content (AvgIpc) is 1.54. The minimum absolute atomic E-state index is 0.0140. The third kappa shape index (κ3) is 17.1. The highest BCUT2D eigenvalue weighted by molar-refractivity contribution is 6.09. The normalized spacial score (nSPS) is 33.7. The van der Waals surface area contributed by atoms with E-state index in [-0.39, 0.29) is 119 Å². The fourth-order valence-electron chi connectivity index (χ4n) is 25.7. The summed E-state index contributed by atoms with van der Waals surface area (Å²) in [5.41, 5.74) is 13.2. The molecular formula is C102H130N4O12. The number of rotatable bonds is 26. The molecule has 0 aromatic heterocycles. The second kappa shape index (κ2) is 35.4. The average molecular weight is 1600 g/mol. The topological polar surface area (TPSA) is 223 Å². The monoisotopic (exact) mass is 1600 g/mol. The van der Waals surface area contributed by atoms with Crippen LogP contribution in [-0.4, -0.2) is 147 Å². The third-order valence-electron chi connectivity index (χ3n) is 32.0. The van der Waals surface area contributed by atoms with Gasteiger partial charge in [0.1, 0.15) is 17.3 Å². The molecule has 21 atom stereocenters. The SMILES string of the molecule is CC(=O)CCC(=O)N[C@@H](Cc1ccc(C(=O)c2ccccc2)cc1)C(=O)CCCN1C[C@@H](C)C[C@H]2O[C@]3(CC[C@@H]4C(=C3C)C[C@H]3[C@H]4CC=C4CC(=O)CC[C@@]43C)[C@H](C)[C@@H]21.CC(=O)CCC(=O)N[C@@H](Cc1ccc(C(=O)c2ccccc2)cc1)C(=O)CCCN1C[C@@H](C)C[C@H]2O[C@]3(CC[C@@H]4C(=C3C)C[C@H]3[C@H]4CC=C4C[C@@H](O)CC[C@@]43C)[C@H](C)[C@@H]21. The first kappa shape index (κ1) is 85.3. The predicted octanol–water partition coefficient (Wildman–Crippen LogP) is 17.0. The summed E-state index contributed by atoms with van der Waals surface area (Å²) in [4.78, 5) is 121. The Bertz CT molecular complexity index is 4600. The van der Waals surface area contributed by atoms with Crippen molar-refractivity contribution in [3.8, 4) is 0 Å². The summed E-state index contributed by atoms with van der Waals surface area (Å²) in [6.45, 7) is 25.7. The molecule has 2 amide bonds. The van der Waals surface area contributed by atoms with Crippen LogP contribution in [0.2, 0.25) is 0 Å². The largest absolute Gasteiger partial charge is 0.393 e. The van der Waals surface area contributed by atoms with E-state index in [4.69, 9.17) is 9.47 Å². The Morgan fingerprint density at radius 1 is 0.508 bits per heavy atom. The van der Waals surface area contributed by atoms with Gasteiger partial charge in [0.15, 0.2) is 23.1 Å². The highest BCUT2D eigenvalue weighted by Crippen LogP contribution is 2.68. The Morgan fingerprint density at radius 3 is 1.36 bits per heavy atom. The van der Waals surface area contributed by atoms with Crippen molar-refractivity contribution in [2.24, 2.45) is 70.0 Å². The molecule has 4 heterocycles. The smallest absolute Gasteiger partial charge is 0.221 e. The Balaban J connectivity index is 0.000000185. The van der Waals surface area contributed by atoms with E-state index in [1.807, 2.05) is 60.7 Å². The number of aliphatic hydroxyl groups is 1. The predicted molar refractivity (Wildman–Crippen MR) is 458 cm³/mol. The van der Waals surface area contributed by atoms with E-state index in [2.05, 4.69) is 88.0 Å². The zero-order valence-electron chi connectivity index (χ0n) is 71.9. The van der Waals surface area contributed by atoms with E-state index in [1.165, 1.54) is 55.4 Å². The summed E-state index contributed by atoms with van der Waals surface area (Å²) in [5, 5.41) is 16.4. The van der Waals surface area contributed by atoms with Gasteiger partial charge in [0, 0.05) is 111 Å². The maximum atomic E-state index is 14.0. The first-order chi connectivity index (χ1) is 56.5. The number of piperidine rings is 2. The van der Waals surface area contributed by atoms with E-state index < -0.39 is 12.1 Å². The van der Waals surface area contributed by atoms with Gasteiger partial charge in [-0.15, -0.1) is 0 Å². The van der Waals surface area contributed by atoms with Crippen molar-refractivity contribution in [3.05, 3.63) is 188 Å². The molecular weight excluding hydrogens is 1470 g/mol. The number of allylic oxidation sites excluding steroid dienone is 5. The molecule has 630 valence electrons. The molecule has 118 heavy (non-hydrogen) atoms. The number of amides is 2. The van der Waals surface area contributed by atoms with Gasteiger partial charge in [-0.05, 0) is 237 Å². The molecule has 16 rings (SSSR count). The lowest BCUT2D eigenvalue weighted by atomic mass is 9.56. The van der Waals surface area contributed by atoms with Gasteiger partial charge in [0.05, 0.1) is 41.6 Å². The highest BCUT2D eigenvalue weighted by atomic mass is 16.5. The number of hydrogen-bond donors (Lipinski definition) is 3. The van der Waals surface area contributed by atoms with Crippen molar-refractivity contribution in [2.45, 2.75) is 290 Å². The number of benzene rings is 4. The van der Waals surface area contributed by atoms with Crippen LogP contribution >= 0.6 is 0 Å². The van der Waals surface area contributed by atoms with Crippen LogP contribution in [0.5, 0.6) is 0 Å². The van der Waals surface area contributed by atoms with Crippen molar-refractivity contribution in [2.75, 3.05) is 26.2 Å². The molecule has 4 aromatic rings. The summed E-state index contributed by atoms with van der Waals surface area (Å²) < 4.78 is 14.8. The van der Waals surface area contributed by atoms with Crippen molar-refractivity contribution >= 4 is 52.3 Å². The number of carbonyl (C=O) groups excluding carboxylic acids is 9. The molecule has 0 radical (unpaired) electrons. The number of aliphatic hydroxyl groups excluding tert-OH is 1. The van der Waals surface area contributed by atoms with Gasteiger partial charge in [-0.25, -0.2) is 0 Å². The highest BCUT2D eigenvalue weighted by Gasteiger charge is 2.64. The maximum Gasteiger partial charge on any atom is 0.221 e. The number of fused-ring (bicyclic) bond motifs is 12. The summed E-state index contributed by atoms with van der Waals surface area (Å²) in [6, 6.07) is 32.0. The summed E-state index contributed by atoms with van der Waals surface area (Å²) in [6.07, 6.45) is 24.5. The van der Waals surface area contributed by atoms with Gasteiger partial charge in [-0.2, -0.15) is 0 Å². The maximum absolute atomic E-state index is 14.0. The lowest BCUT2D eigenvalue weighted by Gasteiger charge is -2.49. The summed E-state index contributed by atoms with van der Waals surface area (Å²) in [7, 11) is 0. The van der Waals surface area contributed by atoms with Crippen molar-refractivity contribution in [3.63, 3.8) is 0 Å². The molecule has 8 fully saturated rings. The molecule has 4 saturated heterocycles. The minimum Gasteiger partial charge on any atom is -0.393 e. The fourth-order valence-corrected chi connectivity index (χ4v) is 25.7. The molecule has 4 aromatic carbocycles. The Morgan fingerprint density at radius 2 is 0.924 bits per heavy atom. The van der Waals surface area contributed by atoms with Gasteiger partial charge in [0.2, 0.25) is 11.8 Å². The van der Waals surface area contributed by atoms with E-state index >= 15 is 0 Å². The van der Waals surface area contributed by atoms with Gasteiger partial charge in [-0.3, -0.25) is 43.4 Å². The zero-order valence-corrected chi connectivity index (χ0v) is 71.9. The molecule has 4 saturated carbocycles. The molecule has 2 spiro atoms. The number of nitrogens with one attached hydrogen (secondary N) is 2. The number of likely N-dealkylation sites (tertiary alicyclic amines) is 2. The second-order valence-corrected chi connectivity index (χ2v) is 39.2. The molecule has 3 N–H and O–H groups in total. The molecule has 12 aliphatic rings. The zero-order chi connectivity index (χ0) is 83.3. The second-order valence-electron chi connectivity index (χ2n) is 39.2. The number of ketones is 7. The number of Topliss-reactive ketones (excluding diaryl/α,β-unsaturated/α-hetero) is 5. The number of nitrogens with zero attached hydrogens (tertiary/aromatic N) is 2. The number of hydrogen-bond acceptors (Lipinski definition) is 14. The molecule has 8 aliphatic carbocycles. The van der Waals surface area contributed by atoms with Gasteiger partial charge >= 0.3 is 0 Å². The first-order valence-electron chi connectivity index (χ1n) is 45.4. The quantitative estimate of drug-likeness (QED) is 0.0393. The van der Waals surface area contributed by atoms with Crippen molar-refractivity contribution in [1.29, 1.82) is 0 Å². The number of carbonyl (C=O) groups is 9. The van der Waals surface area contributed by atoms with Crippen molar-refractivity contribution < 1.29 is 57.7 Å². The van der Waals surface area contributed by atoms with E-state index in [9.17, 15) is 48.3 Å². The van der Waals surface area contributed by atoms with E-state index in [0.717, 1.165) is 114 Å². The van der Waals surface area contributed by atoms with Crippen LogP contribution in [0, 0.1) is 70.0 Å². The van der Waals surface area contributed by atoms with Crippen LogP contribution in [0.4, 0.5) is 0 Å². The Hall–Kier alpha value is -7.73. The lowest BCUT2D eigenvalue weighted by Crippen LogP contribution is -2.52. The molecule has 0 bridgehead atoms. The van der Waals surface area contributed by atoms with Gasteiger partial charge in [-0.1, -0.05) is 185 Å². The van der Waals surface area contributed by atoms with Gasteiger partial charge < -0.3 is 34.8 Å². The standard InChI is InChI=1S/C51H66N2O6.C51H64N2O6/c2*1-31-26-46-48(34(4)51(59-46)24-22-40-41-19-18-38-28-39(55)21-23-50(38,5)43(41)29-42(40)33(51)3)53(30-31)25-9-12-45(56)44(52-47(57)20-13-32(2)54)27-35-14-16-37(17-15-35)49(58)36-10-7-6-8-11-36/h6-8,10-11,14-18,31,34,39-41,43-44,46,48,55H,9,12-13,19-30H2,1-5H3,(H,52,57);6-8,10-11,14-18,31,34,40-41,43-44,46,48H,9,12-13,19-30H2,1-5H3,(H,52,57)/t31-,34+,39-,40-,41-,43-,44-,46+,48-,50-,51-;31-,34+,40-,41-,43-,44-,46+,48-,50-,51-/m00/s1. The van der Waals surface area contributed by atoms with Crippen LogP contribution in [0.3, 0.4) is 0 Å². The van der Waals surface area contributed by atoms with Crippen LogP contribution in [-0.2, 0) is 55.9 Å². The first-order valence-corrected chi connectivity index (χ1v) is 45.4. The molecule has 16 nitrogen and oxygen atoms in total. The van der Waals surface area contributed by atoms with Crippen LogP contribution in [0.1, 0.15) is 266 Å². The van der Waals surface area contributed by atoms with E-state index in [1.54, 1.807) is 59.7 Å². The van der Waals surface area contributed by atoms with Crippen LogP contribution in [0.25, 0.3) is 0 Å². The minimum atomic E-state index is -0.725. The van der Waals surface area contributed by atoms with Crippen LogP contribution < -0.4 is 10.6 Å². The van der Waals surface area contributed by atoms with E-state index in [0.29, 0.717) is 138 Å². The third-order valence-corrected chi connectivity index (χ3v) is 32.0. The Labute approximate surface area is 700 Å². The Kier molecular flexibility index (Phi) is 25.6. The number of ether oxygens (including phenoxy) is 2. The lowest BCUT2D eigenvalue weighted by molar-refractivity contribution is -0.129. The fraction of sp³-hybridized carbons (Fsp3) is 0.598. The molecule has 16 heteroatoms. The molecule has 0 unspecified atom stereocenters. The van der Waals surface area contributed by atoms with Crippen molar-refractivity contribution in [1.82, 2.24) is 20.4 Å². The summed E-state index contributed by atoms with van der Waals surface area (Å²) in [5.74, 6) is 5.03. The molecule has 4 aliphatic heterocycles.